The number of alkyl carbamates (subject to hydrolysis) is 1. The molecule has 0 saturated carbocycles. The second-order valence-electron chi connectivity index (χ2n) is 10.2. The molecular formula is C27H27Cl3N4O9S. The lowest BCUT2D eigenvalue weighted by Crippen LogP contribution is -2.79. The molecule has 17 heteroatoms. The van der Waals surface area contributed by atoms with Gasteiger partial charge in [-0.3, -0.25) is 20.2 Å². The van der Waals surface area contributed by atoms with Gasteiger partial charge in [-0.15, -0.1) is 11.8 Å². The molecule has 13 nitrogen and oxygen atoms in total. The standard InChI is InChI=1S/C27H27Cl3N4O9S/c1-25(2)27(31,22(37)38)34-20(36)18(21(34)44-25)32-19(35)17(33-23(39)42-13-26(28,29)30)15-8-10-16(11-9-15)43-24(40)41-12-14-6-4-3-5-7-14/h3-11,17-18,21H,12-13,31H2,1-2H3,(H,32,35)(H,33,39)(H,37,38)/t17?,18-,21+,27-/m0/s1. The summed E-state index contributed by atoms with van der Waals surface area (Å²) in [6.45, 7) is 2.53. The summed E-state index contributed by atoms with van der Waals surface area (Å²) in [6, 6.07) is 11.9. The fraction of sp³-hybridized carbons (Fsp3) is 0.370. The number of carbonyl (C=O) groups is 5. The first-order valence-corrected chi connectivity index (χ1v) is 14.9. The molecule has 236 valence electrons. The summed E-state index contributed by atoms with van der Waals surface area (Å²) in [7, 11) is 0. The Kier molecular flexibility index (Phi) is 9.81. The van der Waals surface area contributed by atoms with E-state index in [1.807, 2.05) is 6.07 Å². The third kappa shape index (κ3) is 7.10. The fourth-order valence-electron chi connectivity index (χ4n) is 4.55. The quantitative estimate of drug-likeness (QED) is 0.131. The van der Waals surface area contributed by atoms with Gasteiger partial charge in [0.2, 0.25) is 15.4 Å². The third-order valence-electron chi connectivity index (χ3n) is 6.89. The highest BCUT2D eigenvalue weighted by atomic mass is 35.6. The SMILES string of the molecule is CC1(C)S[C@@H]2[C@@H](NC(=O)C(NC(=O)OCC(Cl)(Cl)Cl)c3ccc(OC(=O)OCc4ccccc4)cc3)C(=O)N2[C@@]1(N)C(=O)O. The van der Waals surface area contributed by atoms with Crippen LogP contribution in [0.25, 0.3) is 0 Å². The van der Waals surface area contributed by atoms with Gasteiger partial charge in [0.1, 0.15) is 36.4 Å². The van der Waals surface area contributed by atoms with E-state index in [9.17, 15) is 29.1 Å². The van der Waals surface area contributed by atoms with E-state index >= 15 is 0 Å². The van der Waals surface area contributed by atoms with Gasteiger partial charge in [0.25, 0.3) is 5.91 Å². The average molecular weight is 690 g/mol. The number of ether oxygens (including phenoxy) is 3. The molecule has 1 unspecified atom stereocenters. The van der Waals surface area contributed by atoms with E-state index < -0.39 is 68.3 Å². The van der Waals surface area contributed by atoms with Crippen LogP contribution in [0.1, 0.15) is 31.0 Å². The zero-order valence-corrected chi connectivity index (χ0v) is 26.2. The molecule has 3 amide bonds. The molecule has 2 aliphatic rings. The number of alkyl halides is 3. The molecule has 4 atom stereocenters. The van der Waals surface area contributed by atoms with Gasteiger partial charge < -0.3 is 30.0 Å². The number of benzene rings is 2. The van der Waals surface area contributed by atoms with E-state index in [2.05, 4.69) is 10.6 Å². The van der Waals surface area contributed by atoms with E-state index in [1.165, 1.54) is 24.3 Å². The number of thioether (sulfide) groups is 1. The maximum Gasteiger partial charge on any atom is 0.514 e. The Morgan fingerprint density at radius 2 is 1.70 bits per heavy atom. The number of hydrogen-bond acceptors (Lipinski definition) is 10. The van der Waals surface area contributed by atoms with E-state index in [-0.39, 0.29) is 17.9 Å². The van der Waals surface area contributed by atoms with Gasteiger partial charge in [-0.25, -0.2) is 14.4 Å². The van der Waals surface area contributed by atoms with E-state index in [0.717, 1.165) is 22.2 Å². The molecule has 4 rings (SSSR count). The van der Waals surface area contributed by atoms with Gasteiger partial charge in [0.05, 0.1) is 4.75 Å². The number of carboxylic acid groups (broad SMARTS) is 1. The van der Waals surface area contributed by atoms with Gasteiger partial charge in [-0.2, -0.15) is 0 Å². The van der Waals surface area contributed by atoms with Crippen LogP contribution < -0.4 is 21.1 Å². The Morgan fingerprint density at radius 1 is 1.07 bits per heavy atom. The molecule has 2 heterocycles. The lowest BCUT2D eigenvalue weighted by Gasteiger charge is -2.48. The monoisotopic (exact) mass is 688 g/mol. The molecule has 0 bridgehead atoms. The van der Waals surface area contributed by atoms with Crippen LogP contribution in [-0.4, -0.2) is 72.3 Å². The van der Waals surface area contributed by atoms with Crippen LogP contribution in [0.4, 0.5) is 9.59 Å². The lowest BCUT2D eigenvalue weighted by atomic mass is 9.89. The number of aliphatic carboxylic acids is 1. The van der Waals surface area contributed by atoms with Gasteiger partial charge in [0, 0.05) is 0 Å². The predicted molar refractivity (Wildman–Crippen MR) is 160 cm³/mol. The molecule has 5 N–H and O–H groups in total. The number of carbonyl (C=O) groups excluding carboxylic acids is 4. The van der Waals surface area contributed by atoms with Crippen molar-refractivity contribution >= 4 is 76.6 Å². The zero-order valence-electron chi connectivity index (χ0n) is 23.1. The minimum Gasteiger partial charge on any atom is -0.478 e. The molecule has 0 spiro atoms. The number of halogens is 3. The molecule has 0 aliphatic carbocycles. The minimum absolute atomic E-state index is 0.00819. The first-order chi connectivity index (χ1) is 20.5. The van der Waals surface area contributed by atoms with Crippen LogP contribution >= 0.6 is 46.6 Å². The molecule has 0 radical (unpaired) electrons. The van der Waals surface area contributed by atoms with Crippen molar-refractivity contribution in [2.75, 3.05) is 6.61 Å². The number of amides is 3. The van der Waals surface area contributed by atoms with Crippen molar-refractivity contribution in [2.24, 2.45) is 5.73 Å². The summed E-state index contributed by atoms with van der Waals surface area (Å²) in [5.74, 6) is -2.86. The zero-order chi connectivity index (χ0) is 32.4. The number of fused-ring (bicyclic) bond motifs is 1. The molecule has 2 aliphatic heterocycles. The van der Waals surface area contributed by atoms with Gasteiger partial charge in [-0.1, -0.05) is 77.3 Å². The molecule has 0 aromatic heterocycles. The molecule has 2 aromatic rings. The largest absolute Gasteiger partial charge is 0.514 e. The van der Waals surface area contributed by atoms with Crippen LogP contribution in [0, 0.1) is 0 Å². The number of hydrogen-bond donors (Lipinski definition) is 4. The summed E-state index contributed by atoms with van der Waals surface area (Å²) in [4.78, 5) is 64.1. The fourth-order valence-corrected chi connectivity index (χ4v) is 6.38. The summed E-state index contributed by atoms with van der Waals surface area (Å²) in [6.07, 6.45) is -2.09. The highest BCUT2D eigenvalue weighted by Gasteiger charge is 2.71. The van der Waals surface area contributed by atoms with Crippen molar-refractivity contribution in [1.82, 2.24) is 15.5 Å². The number of carboxylic acids is 1. The van der Waals surface area contributed by atoms with E-state index in [0.29, 0.717) is 0 Å². The Balaban J connectivity index is 1.47. The molecule has 2 aromatic carbocycles. The Labute approximate surface area is 270 Å². The van der Waals surface area contributed by atoms with E-state index in [4.69, 9.17) is 54.7 Å². The maximum atomic E-state index is 13.5. The number of nitrogens with two attached hydrogens (primary N) is 1. The average Bonchev–Trinajstić information content (AvgIpc) is 3.16. The number of rotatable bonds is 9. The molecule has 2 fully saturated rings. The van der Waals surface area contributed by atoms with Crippen molar-refractivity contribution in [3.63, 3.8) is 0 Å². The topological polar surface area (TPSA) is 187 Å². The maximum absolute atomic E-state index is 13.5. The van der Waals surface area contributed by atoms with Crippen molar-refractivity contribution in [2.45, 2.75) is 52.1 Å². The van der Waals surface area contributed by atoms with Crippen LogP contribution in [0.5, 0.6) is 5.75 Å². The highest BCUT2D eigenvalue weighted by Crippen LogP contribution is 2.54. The van der Waals surface area contributed by atoms with Gasteiger partial charge >= 0.3 is 18.2 Å². The minimum atomic E-state index is -2.00. The first kappa shape index (κ1) is 33.5. The summed E-state index contributed by atoms with van der Waals surface area (Å²) in [5.41, 5.74) is 5.10. The van der Waals surface area contributed by atoms with Gasteiger partial charge in [-0.05, 0) is 37.1 Å². The van der Waals surface area contributed by atoms with E-state index in [1.54, 1.807) is 38.1 Å². The van der Waals surface area contributed by atoms with Crippen LogP contribution in [0.3, 0.4) is 0 Å². The summed E-state index contributed by atoms with van der Waals surface area (Å²) in [5, 5.41) is 13.9. The normalized spacial score (nSPS) is 22.6. The van der Waals surface area contributed by atoms with Crippen LogP contribution in [-0.2, 0) is 30.5 Å². The van der Waals surface area contributed by atoms with Crippen molar-refractivity contribution in [3.8, 4) is 5.75 Å². The third-order valence-corrected chi connectivity index (χ3v) is 8.84. The smallest absolute Gasteiger partial charge is 0.478 e. The Morgan fingerprint density at radius 3 is 2.30 bits per heavy atom. The highest BCUT2D eigenvalue weighted by molar-refractivity contribution is 8.01. The molecule has 2 saturated heterocycles. The number of β-lactam (4-membered cyclic amide) rings is 1. The predicted octanol–water partition coefficient (Wildman–Crippen LogP) is 3.46. The molecular weight excluding hydrogens is 663 g/mol. The van der Waals surface area contributed by atoms with Crippen molar-refractivity contribution in [3.05, 3.63) is 65.7 Å². The lowest BCUT2D eigenvalue weighted by molar-refractivity contribution is -0.171. The van der Waals surface area contributed by atoms with Crippen molar-refractivity contribution < 1.29 is 43.3 Å². The molecule has 44 heavy (non-hydrogen) atoms. The number of nitrogens with one attached hydrogen (secondary N) is 2. The Bertz CT molecular complexity index is 1440. The van der Waals surface area contributed by atoms with Crippen molar-refractivity contribution in [1.29, 1.82) is 0 Å². The Hall–Kier alpha value is -3.43. The number of nitrogens with zero attached hydrogens (tertiary/aromatic N) is 1. The van der Waals surface area contributed by atoms with Gasteiger partial charge in [0.15, 0.2) is 0 Å². The van der Waals surface area contributed by atoms with Crippen LogP contribution in [0.2, 0.25) is 0 Å². The summed E-state index contributed by atoms with van der Waals surface area (Å²) < 4.78 is 12.1. The van der Waals surface area contributed by atoms with Crippen LogP contribution in [0.15, 0.2) is 54.6 Å². The second kappa shape index (κ2) is 12.9. The first-order valence-electron chi connectivity index (χ1n) is 12.9. The second-order valence-corrected chi connectivity index (χ2v) is 14.5. The summed E-state index contributed by atoms with van der Waals surface area (Å²) >= 11 is 18.0.